The molecule has 0 atom stereocenters. The number of rotatable bonds is 4. The average Bonchev–Trinajstić information content (AvgIpc) is 3.22. The molecule has 0 amide bonds. The van der Waals surface area contributed by atoms with Crippen molar-refractivity contribution in [3.05, 3.63) is 151 Å². The number of hydrogen-bond acceptors (Lipinski definition) is 0. The molecule has 0 nitrogen and oxygen atoms in total. The van der Waals surface area contributed by atoms with E-state index in [4.69, 9.17) is 0 Å². The summed E-state index contributed by atoms with van der Waals surface area (Å²) in [5, 5.41) is 4.27. The molecule has 6 rings (SSSR count). The molecule has 0 unspecified atom stereocenters. The van der Waals surface area contributed by atoms with Gasteiger partial charge in [-0.1, -0.05) is 103 Å². The zero-order valence-electron chi connectivity index (χ0n) is 18.2. The van der Waals surface area contributed by atoms with Gasteiger partial charge in [0.2, 0.25) is 0 Å². The first-order valence-corrected chi connectivity index (χ1v) is 13.0. The van der Waals surface area contributed by atoms with Crippen molar-refractivity contribution in [1.82, 2.24) is 0 Å². The van der Waals surface area contributed by atoms with E-state index in [2.05, 4.69) is 140 Å². The third-order valence-electron chi connectivity index (χ3n) is 6.68. The van der Waals surface area contributed by atoms with E-state index in [1.54, 1.807) is 0 Å². The Morgan fingerprint density at radius 1 is 0.364 bits per heavy atom. The highest BCUT2D eigenvalue weighted by molar-refractivity contribution is 8.93. The van der Waals surface area contributed by atoms with E-state index in [1.807, 2.05) is 0 Å². The summed E-state index contributed by atoms with van der Waals surface area (Å²) in [6, 6.07) is 51.7. The lowest BCUT2D eigenvalue weighted by molar-refractivity contribution is 1.19. The number of benzene rings is 5. The third-order valence-corrected chi connectivity index (χ3v) is 11.3. The van der Waals surface area contributed by atoms with Gasteiger partial charge in [-0.05, 0) is 47.5 Å². The van der Waals surface area contributed by atoms with E-state index in [9.17, 15) is 0 Å². The Bertz CT molecular complexity index is 1220. The molecule has 0 aromatic heterocycles. The fourth-order valence-electron chi connectivity index (χ4n) is 5.43. The quantitative estimate of drug-likeness (QED) is 0.223. The van der Waals surface area contributed by atoms with E-state index < -0.39 is 7.26 Å². The summed E-state index contributed by atoms with van der Waals surface area (Å²) in [7, 11) is -2.07. The van der Waals surface area contributed by atoms with Crippen LogP contribution in [-0.4, -0.2) is 0 Å². The smallest absolute Gasteiger partial charge is 0.114 e. The number of halogens is 1. The molecule has 0 N–H and O–H groups in total. The molecule has 0 radical (unpaired) electrons. The second kappa shape index (κ2) is 9.10. The standard InChI is InChI=1S/C31H24P.BrH/c1-4-14-24(15-5-1)32(25-16-6-2-7-17-25,26-18-8-3-9-19-26)31-29-22-12-10-20-27(29)28-21-11-13-23-30(28)31;/h1-23,31H;1H/q+1;. The van der Waals surface area contributed by atoms with E-state index in [0.717, 1.165) is 0 Å². The van der Waals surface area contributed by atoms with E-state index in [0.29, 0.717) is 0 Å². The molecule has 2 heteroatoms. The molecule has 0 spiro atoms. The van der Waals surface area contributed by atoms with Crippen molar-refractivity contribution in [2.45, 2.75) is 5.66 Å². The van der Waals surface area contributed by atoms with Gasteiger partial charge in [0.15, 0.2) is 0 Å². The van der Waals surface area contributed by atoms with Crippen molar-refractivity contribution < 1.29 is 0 Å². The molecule has 0 saturated carbocycles. The highest BCUT2D eigenvalue weighted by Gasteiger charge is 2.56. The van der Waals surface area contributed by atoms with Crippen LogP contribution >= 0.6 is 24.2 Å². The zero-order valence-corrected chi connectivity index (χ0v) is 20.8. The van der Waals surface area contributed by atoms with Crippen molar-refractivity contribution in [2.75, 3.05) is 0 Å². The molecule has 0 fully saturated rings. The fraction of sp³-hybridized carbons (Fsp3) is 0.0323. The van der Waals surface area contributed by atoms with Crippen LogP contribution in [0.5, 0.6) is 0 Å². The molecular weight excluding hydrogens is 483 g/mol. The van der Waals surface area contributed by atoms with E-state index in [1.165, 1.54) is 38.2 Å². The SMILES string of the molecule is Br.c1ccc([P+](c2ccccc2)(c2ccccc2)C2c3ccccc3-c3ccccc32)cc1. The third kappa shape index (κ3) is 3.39. The maximum Gasteiger partial charge on any atom is 0.135 e. The second-order valence-electron chi connectivity index (χ2n) is 8.31. The molecule has 5 aromatic rings. The van der Waals surface area contributed by atoms with Crippen LogP contribution in [0.1, 0.15) is 16.8 Å². The topological polar surface area (TPSA) is 0 Å². The molecule has 5 aromatic carbocycles. The first-order valence-electron chi connectivity index (χ1n) is 11.1. The Kier molecular flexibility index (Phi) is 6.02. The van der Waals surface area contributed by atoms with Crippen LogP contribution < -0.4 is 15.9 Å². The van der Waals surface area contributed by atoms with Crippen LogP contribution in [-0.2, 0) is 0 Å². The van der Waals surface area contributed by atoms with Gasteiger partial charge in [0, 0.05) is 11.1 Å². The molecule has 33 heavy (non-hydrogen) atoms. The van der Waals surface area contributed by atoms with Gasteiger partial charge in [-0.15, -0.1) is 17.0 Å². The van der Waals surface area contributed by atoms with Gasteiger partial charge in [-0.3, -0.25) is 0 Å². The molecule has 0 aliphatic heterocycles. The van der Waals surface area contributed by atoms with Crippen molar-refractivity contribution in [3.63, 3.8) is 0 Å². The summed E-state index contributed by atoms with van der Waals surface area (Å²) in [5.74, 6) is 0. The minimum absolute atomic E-state index is 0. The van der Waals surface area contributed by atoms with E-state index in [-0.39, 0.29) is 22.6 Å². The normalized spacial score (nSPS) is 12.5. The monoisotopic (exact) mass is 507 g/mol. The molecule has 160 valence electrons. The largest absolute Gasteiger partial charge is 0.135 e. The Balaban J connectivity index is 0.00000228. The second-order valence-corrected chi connectivity index (χ2v) is 11.8. The number of fused-ring (bicyclic) bond motifs is 3. The average molecular weight is 508 g/mol. The summed E-state index contributed by atoms with van der Waals surface area (Å²) in [4.78, 5) is 0. The lowest BCUT2D eigenvalue weighted by atomic mass is 10.1. The van der Waals surface area contributed by atoms with Gasteiger partial charge in [-0.25, -0.2) is 0 Å². The molecular formula is C31H25BrP+. The van der Waals surface area contributed by atoms with Crippen LogP contribution in [0.3, 0.4) is 0 Å². The maximum absolute atomic E-state index is 2.35. The minimum Gasteiger partial charge on any atom is -0.114 e. The zero-order chi connectivity index (χ0) is 21.4. The molecule has 1 aliphatic carbocycles. The van der Waals surface area contributed by atoms with Gasteiger partial charge in [-0.2, -0.15) is 0 Å². The summed E-state index contributed by atoms with van der Waals surface area (Å²) >= 11 is 0. The highest BCUT2D eigenvalue weighted by Crippen LogP contribution is 2.72. The van der Waals surface area contributed by atoms with Crippen LogP contribution in [0.4, 0.5) is 0 Å². The van der Waals surface area contributed by atoms with Crippen molar-refractivity contribution >= 4 is 40.2 Å². The molecule has 0 saturated heterocycles. The first kappa shape index (κ1) is 21.8. The predicted octanol–water partition coefficient (Wildman–Crippen LogP) is 7.33. The van der Waals surface area contributed by atoms with Crippen molar-refractivity contribution in [2.24, 2.45) is 0 Å². The predicted molar refractivity (Wildman–Crippen MR) is 149 cm³/mol. The summed E-state index contributed by atoms with van der Waals surface area (Å²) < 4.78 is 0. The Hall–Kier alpha value is -2.99. The maximum atomic E-state index is 2.35. The number of hydrogen-bond donors (Lipinski definition) is 0. The molecule has 0 bridgehead atoms. The summed E-state index contributed by atoms with van der Waals surface area (Å²) in [6.07, 6.45) is 0. The van der Waals surface area contributed by atoms with Crippen LogP contribution in [0.2, 0.25) is 0 Å². The van der Waals surface area contributed by atoms with Crippen LogP contribution in [0.15, 0.2) is 140 Å². The Labute approximate surface area is 207 Å². The fourth-order valence-corrected chi connectivity index (χ4v) is 10.4. The van der Waals surface area contributed by atoms with Gasteiger partial charge >= 0.3 is 0 Å². The van der Waals surface area contributed by atoms with Crippen LogP contribution in [0.25, 0.3) is 11.1 Å². The van der Waals surface area contributed by atoms with Gasteiger partial charge < -0.3 is 0 Å². The summed E-state index contributed by atoms with van der Waals surface area (Å²) in [5.41, 5.74) is 5.92. The van der Waals surface area contributed by atoms with Crippen molar-refractivity contribution in [3.8, 4) is 11.1 Å². The molecule has 1 aliphatic rings. The minimum atomic E-state index is -2.07. The van der Waals surface area contributed by atoms with Crippen LogP contribution in [0, 0.1) is 0 Å². The van der Waals surface area contributed by atoms with Crippen molar-refractivity contribution in [1.29, 1.82) is 0 Å². The lowest BCUT2D eigenvalue weighted by Gasteiger charge is -2.34. The Morgan fingerprint density at radius 2 is 0.667 bits per heavy atom. The van der Waals surface area contributed by atoms with Gasteiger partial charge in [0.1, 0.15) is 28.8 Å². The summed E-state index contributed by atoms with van der Waals surface area (Å²) in [6.45, 7) is 0. The van der Waals surface area contributed by atoms with Gasteiger partial charge in [0.05, 0.1) is 0 Å². The highest BCUT2D eigenvalue weighted by atomic mass is 79.9. The van der Waals surface area contributed by atoms with E-state index >= 15 is 0 Å². The first-order chi connectivity index (χ1) is 15.9. The van der Waals surface area contributed by atoms with Gasteiger partial charge in [0.25, 0.3) is 0 Å². The Morgan fingerprint density at radius 3 is 1.03 bits per heavy atom. The lowest BCUT2D eigenvalue weighted by Crippen LogP contribution is -2.35. The molecule has 0 heterocycles.